The van der Waals surface area contributed by atoms with Crippen molar-refractivity contribution >= 4 is 22.1 Å². The molecule has 2 heterocycles. The van der Waals surface area contributed by atoms with Gasteiger partial charge in [0, 0.05) is 53.7 Å². The van der Waals surface area contributed by atoms with E-state index in [9.17, 15) is 4.21 Å². The fourth-order valence-electron chi connectivity index (χ4n) is 1.72. The van der Waals surface area contributed by atoms with Gasteiger partial charge in [0.25, 0.3) is 0 Å². The zero-order valence-electron chi connectivity index (χ0n) is 9.22. The molecular weight excluding hydrogens is 242 g/mol. The Hall–Kier alpha value is -0.300. The number of nitrogens with two attached hydrogens (primary N) is 1. The second-order valence-electron chi connectivity index (χ2n) is 3.90. The van der Waals surface area contributed by atoms with Gasteiger partial charge in [0.05, 0.1) is 10.7 Å². The summed E-state index contributed by atoms with van der Waals surface area (Å²) in [6.07, 6.45) is 0.870. The fourth-order valence-corrected chi connectivity index (χ4v) is 3.66. The minimum Gasteiger partial charge on any atom is -0.330 e. The van der Waals surface area contributed by atoms with Crippen LogP contribution in [0.25, 0.3) is 0 Å². The van der Waals surface area contributed by atoms with Gasteiger partial charge in [-0.1, -0.05) is 0 Å². The van der Waals surface area contributed by atoms with Crippen LogP contribution in [0.3, 0.4) is 0 Å². The molecule has 0 atom stereocenters. The molecule has 4 nitrogen and oxygen atoms in total. The van der Waals surface area contributed by atoms with Crippen LogP contribution in [0.4, 0.5) is 0 Å². The lowest BCUT2D eigenvalue weighted by Crippen LogP contribution is -2.37. The average molecular weight is 259 g/mol. The Morgan fingerprint density at radius 2 is 2.25 bits per heavy atom. The molecule has 1 fully saturated rings. The lowest BCUT2D eigenvalue weighted by Gasteiger charge is -2.25. The summed E-state index contributed by atoms with van der Waals surface area (Å²) in [6.45, 7) is 3.40. The molecule has 0 saturated carbocycles. The number of hydrogen-bond acceptors (Lipinski definition) is 5. The van der Waals surface area contributed by atoms with E-state index >= 15 is 0 Å². The summed E-state index contributed by atoms with van der Waals surface area (Å²) in [5.41, 5.74) is 6.62. The quantitative estimate of drug-likeness (QED) is 0.840. The van der Waals surface area contributed by atoms with E-state index < -0.39 is 10.8 Å². The standard InChI is InChI=1S/C10H17N3OS2/c11-2-1-10-12-9(8-15-10)7-13-3-5-16(14)6-4-13/h8H,1-7,11H2. The lowest BCUT2D eigenvalue weighted by atomic mass is 10.4. The van der Waals surface area contributed by atoms with Crippen molar-refractivity contribution in [1.29, 1.82) is 0 Å². The van der Waals surface area contributed by atoms with Crippen LogP contribution in [0, 0.1) is 0 Å². The highest BCUT2D eigenvalue weighted by molar-refractivity contribution is 7.85. The topological polar surface area (TPSA) is 59.2 Å². The second kappa shape index (κ2) is 5.86. The third-order valence-corrected chi connectivity index (χ3v) is 4.85. The van der Waals surface area contributed by atoms with Crippen LogP contribution >= 0.6 is 11.3 Å². The summed E-state index contributed by atoms with van der Waals surface area (Å²) >= 11 is 1.69. The van der Waals surface area contributed by atoms with Crippen molar-refractivity contribution in [2.45, 2.75) is 13.0 Å². The zero-order valence-corrected chi connectivity index (χ0v) is 10.9. The van der Waals surface area contributed by atoms with Crippen LogP contribution < -0.4 is 5.73 Å². The maximum Gasteiger partial charge on any atom is 0.0941 e. The first-order valence-corrected chi connectivity index (χ1v) is 7.85. The van der Waals surface area contributed by atoms with Gasteiger partial charge in [0.15, 0.2) is 0 Å². The number of nitrogens with zero attached hydrogens (tertiary/aromatic N) is 2. The highest BCUT2D eigenvalue weighted by atomic mass is 32.2. The zero-order chi connectivity index (χ0) is 11.4. The van der Waals surface area contributed by atoms with Gasteiger partial charge in [0.1, 0.15) is 0 Å². The van der Waals surface area contributed by atoms with Crippen LogP contribution in [0.1, 0.15) is 10.7 Å². The van der Waals surface area contributed by atoms with Crippen LogP contribution in [-0.4, -0.2) is 45.2 Å². The van der Waals surface area contributed by atoms with Gasteiger partial charge in [-0.25, -0.2) is 4.98 Å². The van der Waals surface area contributed by atoms with E-state index in [0.717, 1.165) is 48.3 Å². The molecule has 1 aliphatic rings. The van der Waals surface area contributed by atoms with E-state index in [4.69, 9.17) is 5.73 Å². The minimum absolute atomic E-state index is 0.593. The van der Waals surface area contributed by atoms with Gasteiger partial charge in [-0.05, 0) is 6.54 Å². The van der Waals surface area contributed by atoms with Crippen molar-refractivity contribution in [2.75, 3.05) is 31.1 Å². The number of thiazole rings is 1. The molecule has 0 radical (unpaired) electrons. The molecule has 6 heteroatoms. The summed E-state index contributed by atoms with van der Waals surface area (Å²) in [4.78, 5) is 6.86. The first-order valence-electron chi connectivity index (χ1n) is 5.48. The van der Waals surface area contributed by atoms with Crippen molar-refractivity contribution in [3.8, 4) is 0 Å². The van der Waals surface area contributed by atoms with Crippen molar-refractivity contribution in [3.63, 3.8) is 0 Å². The van der Waals surface area contributed by atoms with Gasteiger partial charge in [-0.2, -0.15) is 0 Å². The molecule has 0 amide bonds. The predicted molar refractivity (Wildman–Crippen MR) is 68.0 cm³/mol. The Morgan fingerprint density at radius 3 is 2.94 bits per heavy atom. The van der Waals surface area contributed by atoms with E-state index in [1.807, 2.05) is 0 Å². The molecule has 1 saturated heterocycles. The lowest BCUT2D eigenvalue weighted by molar-refractivity contribution is 0.288. The molecule has 0 bridgehead atoms. The van der Waals surface area contributed by atoms with E-state index in [2.05, 4.69) is 15.3 Å². The van der Waals surface area contributed by atoms with E-state index in [-0.39, 0.29) is 0 Å². The smallest absolute Gasteiger partial charge is 0.0941 e. The maximum atomic E-state index is 11.2. The highest BCUT2D eigenvalue weighted by Crippen LogP contribution is 2.13. The molecule has 0 spiro atoms. The molecule has 1 aliphatic heterocycles. The van der Waals surface area contributed by atoms with Crippen molar-refractivity contribution in [3.05, 3.63) is 16.1 Å². The van der Waals surface area contributed by atoms with E-state index in [1.165, 1.54) is 0 Å². The van der Waals surface area contributed by atoms with Gasteiger partial charge in [-0.15, -0.1) is 11.3 Å². The van der Waals surface area contributed by atoms with Crippen molar-refractivity contribution in [1.82, 2.24) is 9.88 Å². The Balaban J connectivity index is 1.86. The van der Waals surface area contributed by atoms with Crippen molar-refractivity contribution in [2.24, 2.45) is 5.73 Å². The van der Waals surface area contributed by atoms with Crippen molar-refractivity contribution < 1.29 is 4.21 Å². The fraction of sp³-hybridized carbons (Fsp3) is 0.700. The molecule has 2 rings (SSSR count). The molecule has 0 aliphatic carbocycles. The SMILES string of the molecule is NCCc1nc(CN2CCS(=O)CC2)cs1. The van der Waals surface area contributed by atoms with Gasteiger partial charge >= 0.3 is 0 Å². The molecule has 0 unspecified atom stereocenters. The van der Waals surface area contributed by atoms with Gasteiger partial charge < -0.3 is 5.73 Å². The third-order valence-electron chi connectivity index (χ3n) is 2.61. The molecule has 1 aromatic rings. The minimum atomic E-state index is -0.593. The number of rotatable bonds is 4. The summed E-state index contributed by atoms with van der Waals surface area (Å²) in [5.74, 6) is 1.61. The van der Waals surface area contributed by atoms with Crippen LogP contribution in [-0.2, 0) is 23.8 Å². The Bertz CT molecular complexity index is 357. The molecule has 1 aromatic heterocycles. The molecule has 90 valence electrons. The Morgan fingerprint density at radius 1 is 1.50 bits per heavy atom. The van der Waals surface area contributed by atoms with E-state index in [1.54, 1.807) is 11.3 Å². The van der Waals surface area contributed by atoms with Crippen LogP contribution in [0.5, 0.6) is 0 Å². The van der Waals surface area contributed by atoms with Gasteiger partial charge in [-0.3, -0.25) is 9.11 Å². The summed E-state index contributed by atoms with van der Waals surface area (Å²) in [5, 5.41) is 3.23. The summed E-state index contributed by atoms with van der Waals surface area (Å²) < 4.78 is 11.2. The first-order chi connectivity index (χ1) is 7.78. The number of hydrogen-bond donors (Lipinski definition) is 1. The Kier molecular flexibility index (Phi) is 4.45. The molecular formula is C10H17N3OS2. The van der Waals surface area contributed by atoms with Gasteiger partial charge in [0.2, 0.25) is 0 Å². The Labute approximate surface area is 102 Å². The monoisotopic (exact) mass is 259 g/mol. The molecule has 2 N–H and O–H groups in total. The van der Waals surface area contributed by atoms with E-state index in [0.29, 0.717) is 6.54 Å². The van der Waals surface area contributed by atoms with Crippen LogP contribution in [0.2, 0.25) is 0 Å². The largest absolute Gasteiger partial charge is 0.330 e. The highest BCUT2D eigenvalue weighted by Gasteiger charge is 2.16. The van der Waals surface area contributed by atoms with Crippen LogP contribution in [0.15, 0.2) is 5.38 Å². The normalized spacial score (nSPS) is 19.1. The average Bonchev–Trinajstić information content (AvgIpc) is 2.70. The first kappa shape index (κ1) is 12.2. The third kappa shape index (κ3) is 3.35. The summed E-state index contributed by atoms with van der Waals surface area (Å²) in [6, 6.07) is 0. The summed E-state index contributed by atoms with van der Waals surface area (Å²) in [7, 11) is -0.593. The molecule has 16 heavy (non-hydrogen) atoms. The second-order valence-corrected chi connectivity index (χ2v) is 6.53. The number of aromatic nitrogens is 1. The predicted octanol–water partition coefficient (Wildman–Crippen LogP) is 0.209. The molecule has 0 aromatic carbocycles. The maximum absolute atomic E-state index is 11.2.